The highest BCUT2D eigenvalue weighted by atomic mass is 16.7. The van der Waals surface area contributed by atoms with Gasteiger partial charge in [0.2, 0.25) is 0 Å². The van der Waals surface area contributed by atoms with Crippen molar-refractivity contribution in [2.24, 2.45) is 5.92 Å². The molecule has 1 aliphatic heterocycles. The number of rotatable bonds is 5. The van der Waals surface area contributed by atoms with Gasteiger partial charge >= 0.3 is 0 Å². The molecule has 1 aliphatic carbocycles. The number of pyridine rings is 1. The van der Waals surface area contributed by atoms with Crippen LogP contribution >= 0.6 is 0 Å². The Hall–Kier alpha value is -1.26. The normalized spacial score (nSPS) is 22.3. The average molecular weight is 289 g/mol. The Balaban J connectivity index is 1.75. The Morgan fingerprint density at radius 1 is 1.19 bits per heavy atom. The molecule has 4 nitrogen and oxygen atoms in total. The topological polar surface area (TPSA) is 48.4 Å². The summed E-state index contributed by atoms with van der Waals surface area (Å²) in [4.78, 5) is 17.3. The number of aromatic nitrogens is 1. The lowest BCUT2D eigenvalue weighted by Crippen LogP contribution is -2.28. The molecule has 1 aromatic rings. The number of ether oxygens (including phenoxy) is 2. The first-order chi connectivity index (χ1) is 10.3. The number of carbonyl (C=O) groups excluding carboxylic acids is 1. The summed E-state index contributed by atoms with van der Waals surface area (Å²) in [5, 5.41) is 0. The van der Waals surface area contributed by atoms with Gasteiger partial charge in [0.25, 0.3) is 0 Å². The second kappa shape index (κ2) is 7.14. The molecule has 0 amide bonds. The number of carbonyl (C=O) groups is 1. The maximum atomic E-state index is 12.9. The van der Waals surface area contributed by atoms with Crippen LogP contribution in [0.1, 0.15) is 50.1 Å². The number of hydrogen-bond donors (Lipinski definition) is 0. The van der Waals surface area contributed by atoms with Gasteiger partial charge in [0.1, 0.15) is 5.78 Å². The lowest BCUT2D eigenvalue weighted by Gasteiger charge is -2.26. The monoisotopic (exact) mass is 289 g/mol. The first-order valence-electron chi connectivity index (χ1n) is 8.02. The number of nitrogens with zero attached hydrogens (tertiary/aromatic N) is 1. The summed E-state index contributed by atoms with van der Waals surface area (Å²) in [6, 6.07) is 5.77. The standard InChI is InChI=1S/C17H23NO3/c19-17(13-6-2-1-3-7-13)14(12-16-20-10-11-21-16)15-8-4-5-9-18-15/h4-5,8-9,13-14,16H,1-3,6-7,10-12H2. The Morgan fingerprint density at radius 3 is 2.62 bits per heavy atom. The van der Waals surface area contributed by atoms with Crippen LogP contribution in [0.15, 0.2) is 24.4 Å². The highest BCUT2D eigenvalue weighted by molar-refractivity contribution is 5.87. The summed E-state index contributed by atoms with van der Waals surface area (Å²) in [6.07, 6.45) is 7.73. The summed E-state index contributed by atoms with van der Waals surface area (Å²) in [5.74, 6) is 0.317. The molecule has 0 spiro atoms. The van der Waals surface area contributed by atoms with Crippen LogP contribution in [0.3, 0.4) is 0 Å². The molecule has 2 fully saturated rings. The number of hydrogen-bond acceptors (Lipinski definition) is 4. The molecule has 0 bridgehead atoms. The molecule has 1 atom stereocenters. The Kier molecular flexibility index (Phi) is 4.99. The van der Waals surface area contributed by atoms with E-state index < -0.39 is 0 Å². The van der Waals surface area contributed by atoms with E-state index in [1.807, 2.05) is 18.2 Å². The van der Waals surface area contributed by atoms with Crippen molar-refractivity contribution in [2.45, 2.75) is 50.7 Å². The highest BCUT2D eigenvalue weighted by Crippen LogP contribution is 2.33. The van der Waals surface area contributed by atoms with E-state index in [-0.39, 0.29) is 18.1 Å². The second-order valence-electron chi connectivity index (χ2n) is 5.95. The Morgan fingerprint density at radius 2 is 1.95 bits per heavy atom. The van der Waals surface area contributed by atoms with Crippen molar-refractivity contribution in [3.8, 4) is 0 Å². The van der Waals surface area contributed by atoms with Crippen molar-refractivity contribution in [3.63, 3.8) is 0 Å². The van der Waals surface area contributed by atoms with E-state index in [1.54, 1.807) is 6.20 Å². The summed E-state index contributed by atoms with van der Waals surface area (Å²) >= 11 is 0. The highest BCUT2D eigenvalue weighted by Gasteiger charge is 2.33. The molecule has 0 N–H and O–H groups in total. The molecule has 2 heterocycles. The van der Waals surface area contributed by atoms with Crippen LogP contribution in [0.2, 0.25) is 0 Å². The summed E-state index contributed by atoms with van der Waals surface area (Å²) in [6.45, 7) is 1.24. The van der Waals surface area contributed by atoms with Gasteiger partial charge in [-0.25, -0.2) is 0 Å². The van der Waals surface area contributed by atoms with Gasteiger partial charge in [0, 0.05) is 18.5 Å². The molecule has 4 heteroatoms. The molecule has 1 saturated heterocycles. The average Bonchev–Trinajstić information content (AvgIpc) is 3.07. The van der Waals surface area contributed by atoms with E-state index in [9.17, 15) is 4.79 Å². The van der Waals surface area contributed by atoms with E-state index in [1.165, 1.54) is 19.3 Å². The predicted octanol–water partition coefficient (Wildman–Crippen LogP) is 3.08. The van der Waals surface area contributed by atoms with Crippen molar-refractivity contribution in [2.75, 3.05) is 13.2 Å². The maximum absolute atomic E-state index is 12.9. The summed E-state index contributed by atoms with van der Waals surface area (Å²) < 4.78 is 11.1. The van der Waals surface area contributed by atoms with Gasteiger partial charge in [0.15, 0.2) is 6.29 Å². The largest absolute Gasteiger partial charge is 0.350 e. The molecule has 1 aromatic heterocycles. The predicted molar refractivity (Wildman–Crippen MR) is 78.9 cm³/mol. The van der Waals surface area contributed by atoms with Gasteiger partial charge in [0.05, 0.1) is 24.8 Å². The molecule has 114 valence electrons. The van der Waals surface area contributed by atoms with Crippen LogP contribution in [-0.4, -0.2) is 30.3 Å². The summed E-state index contributed by atoms with van der Waals surface area (Å²) in [7, 11) is 0. The SMILES string of the molecule is O=C(C1CCCCC1)C(CC1OCCO1)c1ccccn1. The van der Waals surface area contributed by atoms with Crippen LogP contribution in [0.25, 0.3) is 0 Å². The zero-order valence-electron chi connectivity index (χ0n) is 12.4. The van der Waals surface area contributed by atoms with Gasteiger partial charge in [-0.05, 0) is 25.0 Å². The van der Waals surface area contributed by atoms with E-state index >= 15 is 0 Å². The van der Waals surface area contributed by atoms with Crippen LogP contribution in [0.5, 0.6) is 0 Å². The van der Waals surface area contributed by atoms with Crippen LogP contribution < -0.4 is 0 Å². The quantitative estimate of drug-likeness (QED) is 0.836. The molecule has 1 saturated carbocycles. The van der Waals surface area contributed by atoms with Crippen molar-refractivity contribution in [1.29, 1.82) is 0 Å². The summed E-state index contributed by atoms with van der Waals surface area (Å²) in [5.41, 5.74) is 0.854. The Labute approximate surface area is 125 Å². The van der Waals surface area contributed by atoms with Gasteiger partial charge in [-0.1, -0.05) is 25.3 Å². The molecule has 0 aromatic carbocycles. The number of Topliss-reactive ketones (excluding diaryl/α,β-unsaturated/α-hetero) is 1. The van der Waals surface area contributed by atoms with Crippen molar-refractivity contribution in [1.82, 2.24) is 4.98 Å². The zero-order valence-corrected chi connectivity index (χ0v) is 12.4. The van der Waals surface area contributed by atoms with Crippen LogP contribution in [-0.2, 0) is 14.3 Å². The third-order valence-electron chi connectivity index (χ3n) is 4.51. The fourth-order valence-corrected chi connectivity index (χ4v) is 3.37. The van der Waals surface area contributed by atoms with E-state index in [0.717, 1.165) is 18.5 Å². The molecule has 3 rings (SSSR count). The lowest BCUT2D eigenvalue weighted by molar-refractivity contribution is -0.128. The third kappa shape index (κ3) is 3.69. The van der Waals surface area contributed by atoms with E-state index in [0.29, 0.717) is 25.4 Å². The van der Waals surface area contributed by atoms with Crippen molar-refractivity contribution in [3.05, 3.63) is 30.1 Å². The molecule has 1 unspecified atom stereocenters. The van der Waals surface area contributed by atoms with Gasteiger partial charge < -0.3 is 9.47 Å². The van der Waals surface area contributed by atoms with Gasteiger partial charge in [-0.3, -0.25) is 9.78 Å². The first kappa shape index (κ1) is 14.7. The fourth-order valence-electron chi connectivity index (χ4n) is 3.37. The minimum absolute atomic E-state index is 0.187. The molecular weight excluding hydrogens is 266 g/mol. The third-order valence-corrected chi connectivity index (χ3v) is 4.51. The van der Waals surface area contributed by atoms with E-state index in [4.69, 9.17) is 9.47 Å². The zero-order chi connectivity index (χ0) is 14.5. The smallest absolute Gasteiger partial charge is 0.158 e. The van der Waals surface area contributed by atoms with Gasteiger partial charge in [-0.2, -0.15) is 0 Å². The minimum atomic E-state index is -0.260. The first-order valence-corrected chi connectivity index (χ1v) is 8.02. The van der Waals surface area contributed by atoms with Crippen LogP contribution in [0.4, 0.5) is 0 Å². The van der Waals surface area contributed by atoms with Crippen molar-refractivity contribution < 1.29 is 14.3 Å². The molecule has 21 heavy (non-hydrogen) atoms. The second-order valence-corrected chi connectivity index (χ2v) is 5.95. The van der Waals surface area contributed by atoms with E-state index in [2.05, 4.69) is 4.98 Å². The fraction of sp³-hybridized carbons (Fsp3) is 0.647. The molecule has 0 radical (unpaired) electrons. The maximum Gasteiger partial charge on any atom is 0.158 e. The number of ketones is 1. The minimum Gasteiger partial charge on any atom is -0.350 e. The molecular formula is C17H23NO3. The van der Waals surface area contributed by atoms with Gasteiger partial charge in [-0.15, -0.1) is 0 Å². The Bertz CT molecular complexity index is 450. The molecule has 2 aliphatic rings. The van der Waals surface area contributed by atoms with Crippen LogP contribution in [0, 0.1) is 5.92 Å². The van der Waals surface area contributed by atoms with Crippen molar-refractivity contribution >= 4 is 5.78 Å². The lowest BCUT2D eigenvalue weighted by atomic mass is 9.79.